The van der Waals surface area contributed by atoms with E-state index >= 15 is 0 Å². The third-order valence-corrected chi connectivity index (χ3v) is 2.76. The first-order valence-corrected chi connectivity index (χ1v) is 6.48. The number of phenols is 1. The molecule has 0 aliphatic heterocycles. The number of hydrazone groups is 1. The Balaban J connectivity index is 1.91. The van der Waals surface area contributed by atoms with Gasteiger partial charge >= 0.3 is 0 Å². The van der Waals surface area contributed by atoms with Gasteiger partial charge in [-0.15, -0.1) is 0 Å². The number of carbonyl (C=O) groups is 1. The molecule has 1 amide bonds. The number of amides is 1. The molecule has 112 valence electrons. The molecule has 0 fully saturated rings. The minimum Gasteiger partial charge on any atom is -0.504 e. The van der Waals surface area contributed by atoms with Gasteiger partial charge in [-0.1, -0.05) is 12.1 Å². The number of nitrogens with zero attached hydrogens (tertiary/aromatic N) is 2. The smallest absolute Gasteiger partial charge is 0.271 e. The topological polar surface area (TPSA) is 83.8 Å². The molecule has 6 nitrogen and oxygen atoms in total. The van der Waals surface area contributed by atoms with E-state index in [9.17, 15) is 9.90 Å². The number of carbonyl (C=O) groups excluding carboxylic acids is 1. The minimum absolute atomic E-state index is 0.0814. The fourth-order valence-electron chi connectivity index (χ4n) is 1.66. The zero-order valence-electron chi connectivity index (χ0n) is 11.9. The Hall–Kier alpha value is -3.15. The number of rotatable bonds is 5. The molecule has 0 saturated carbocycles. The molecule has 2 aromatic rings. The van der Waals surface area contributed by atoms with E-state index in [4.69, 9.17) is 4.74 Å². The van der Waals surface area contributed by atoms with Crippen molar-refractivity contribution in [1.29, 1.82) is 0 Å². The highest BCUT2D eigenvalue weighted by molar-refractivity contribution is 5.94. The second-order valence-corrected chi connectivity index (χ2v) is 4.25. The molecule has 22 heavy (non-hydrogen) atoms. The highest BCUT2D eigenvalue weighted by Crippen LogP contribution is 2.26. The molecule has 1 aromatic heterocycles. The van der Waals surface area contributed by atoms with Crippen molar-refractivity contribution in [2.45, 2.75) is 0 Å². The number of aromatic hydroxyl groups is 1. The van der Waals surface area contributed by atoms with E-state index in [0.717, 1.165) is 5.56 Å². The Morgan fingerprint density at radius 2 is 2.09 bits per heavy atom. The number of phenolic OH excluding ortho intramolecular Hbond substituents is 1. The van der Waals surface area contributed by atoms with Crippen LogP contribution in [-0.4, -0.2) is 29.3 Å². The van der Waals surface area contributed by atoms with Gasteiger partial charge in [0.15, 0.2) is 11.5 Å². The molecule has 0 spiro atoms. The molecule has 0 aliphatic rings. The maximum atomic E-state index is 11.7. The van der Waals surface area contributed by atoms with Crippen molar-refractivity contribution in [2.24, 2.45) is 5.10 Å². The normalized spacial score (nSPS) is 11.0. The van der Waals surface area contributed by atoms with Crippen molar-refractivity contribution in [3.63, 3.8) is 0 Å². The summed E-state index contributed by atoms with van der Waals surface area (Å²) in [5.41, 5.74) is 3.72. The summed E-state index contributed by atoms with van der Waals surface area (Å²) in [5, 5.41) is 13.3. The average Bonchev–Trinajstić information content (AvgIpc) is 2.56. The quantitative estimate of drug-likeness (QED) is 0.654. The van der Waals surface area contributed by atoms with E-state index in [0.29, 0.717) is 11.3 Å². The van der Waals surface area contributed by atoms with Crippen LogP contribution in [0.3, 0.4) is 0 Å². The first kappa shape index (κ1) is 15.2. The van der Waals surface area contributed by atoms with Gasteiger partial charge in [-0.05, 0) is 35.9 Å². The standard InChI is InChI=1S/C16H15N3O3/c1-22-15-11-12(4-5-14(15)20)3-2-8-18-19-16(21)13-6-9-17-10-7-13/h2-11,20H,1H3,(H,19,21). The summed E-state index contributed by atoms with van der Waals surface area (Å²) in [6.07, 6.45) is 7.97. The first-order chi connectivity index (χ1) is 10.7. The van der Waals surface area contributed by atoms with Crippen LogP contribution in [0.25, 0.3) is 6.08 Å². The third kappa shape index (κ3) is 4.17. The van der Waals surface area contributed by atoms with Crippen LogP contribution >= 0.6 is 0 Å². The van der Waals surface area contributed by atoms with Crippen LogP contribution < -0.4 is 10.2 Å². The maximum Gasteiger partial charge on any atom is 0.271 e. The van der Waals surface area contributed by atoms with Crippen molar-refractivity contribution in [3.05, 3.63) is 59.9 Å². The Bertz CT molecular complexity index is 697. The predicted molar refractivity (Wildman–Crippen MR) is 83.9 cm³/mol. The van der Waals surface area contributed by atoms with Crippen LogP contribution in [-0.2, 0) is 0 Å². The summed E-state index contributed by atoms with van der Waals surface area (Å²) >= 11 is 0. The molecule has 2 N–H and O–H groups in total. The van der Waals surface area contributed by atoms with Crippen molar-refractivity contribution >= 4 is 18.2 Å². The van der Waals surface area contributed by atoms with Crippen molar-refractivity contribution in [2.75, 3.05) is 7.11 Å². The second-order valence-electron chi connectivity index (χ2n) is 4.25. The summed E-state index contributed by atoms with van der Waals surface area (Å²) < 4.78 is 5.01. The lowest BCUT2D eigenvalue weighted by Gasteiger charge is -2.03. The van der Waals surface area contributed by atoms with E-state index in [-0.39, 0.29) is 11.7 Å². The van der Waals surface area contributed by atoms with E-state index in [1.807, 2.05) is 0 Å². The number of ether oxygens (including phenoxy) is 1. The fourth-order valence-corrected chi connectivity index (χ4v) is 1.66. The first-order valence-electron chi connectivity index (χ1n) is 6.48. The lowest BCUT2D eigenvalue weighted by molar-refractivity contribution is 0.0955. The number of aromatic nitrogens is 1. The molecule has 0 radical (unpaired) electrons. The number of pyridine rings is 1. The largest absolute Gasteiger partial charge is 0.504 e. The Labute approximate surface area is 127 Å². The van der Waals surface area contributed by atoms with Crippen molar-refractivity contribution in [1.82, 2.24) is 10.4 Å². The van der Waals surface area contributed by atoms with Crippen LogP contribution in [0.5, 0.6) is 11.5 Å². The molecule has 2 rings (SSSR count). The predicted octanol–water partition coefficient (Wildman–Crippen LogP) is 2.22. The van der Waals surface area contributed by atoms with Crippen LogP contribution in [0.4, 0.5) is 0 Å². The van der Waals surface area contributed by atoms with Gasteiger partial charge < -0.3 is 9.84 Å². The highest BCUT2D eigenvalue weighted by Gasteiger charge is 2.01. The molecular formula is C16H15N3O3. The summed E-state index contributed by atoms with van der Waals surface area (Å²) in [7, 11) is 1.48. The number of allylic oxidation sites excluding steroid dienone is 1. The number of hydrogen-bond donors (Lipinski definition) is 2. The zero-order valence-corrected chi connectivity index (χ0v) is 11.9. The summed E-state index contributed by atoms with van der Waals surface area (Å²) in [6.45, 7) is 0. The van der Waals surface area contributed by atoms with Gasteiger partial charge in [-0.25, -0.2) is 5.43 Å². The fraction of sp³-hybridized carbons (Fsp3) is 0.0625. The lowest BCUT2D eigenvalue weighted by Crippen LogP contribution is -2.17. The van der Waals surface area contributed by atoms with Gasteiger partial charge in [0.1, 0.15) is 0 Å². The monoisotopic (exact) mass is 297 g/mol. The molecule has 1 aromatic carbocycles. The highest BCUT2D eigenvalue weighted by atomic mass is 16.5. The van der Waals surface area contributed by atoms with Crippen LogP contribution in [0.2, 0.25) is 0 Å². The van der Waals surface area contributed by atoms with E-state index in [2.05, 4.69) is 15.5 Å². The van der Waals surface area contributed by atoms with Crippen molar-refractivity contribution in [3.8, 4) is 11.5 Å². The Morgan fingerprint density at radius 3 is 2.82 bits per heavy atom. The van der Waals surface area contributed by atoms with Crippen molar-refractivity contribution < 1.29 is 14.6 Å². The summed E-state index contributed by atoms with van der Waals surface area (Å²) in [6, 6.07) is 8.17. The van der Waals surface area contributed by atoms with Crippen LogP contribution in [0, 0.1) is 0 Å². The molecular weight excluding hydrogens is 282 g/mol. The van der Waals surface area contributed by atoms with Gasteiger partial charge in [-0.3, -0.25) is 9.78 Å². The second kappa shape index (κ2) is 7.58. The molecule has 0 aliphatic carbocycles. The Kier molecular flexibility index (Phi) is 5.25. The van der Waals surface area contributed by atoms with Gasteiger partial charge in [-0.2, -0.15) is 5.10 Å². The van der Waals surface area contributed by atoms with Gasteiger partial charge in [0.05, 0.1) is 7.11 Å². The van der Waals surface area contributed by atoms with E-state index < -0.39 is 0 Å². The summed E-state index contributed by atoms with van der Waals surface area (Å²) in [4.78, 5) is 15.5. The third-order valence-electron chi connectivity index (χ3n) is 2.76. The van der Waals surface area contributed by atoms with Crippen LogP contribution in [0.15, 0.2) is 53.9 Å². The number of nitrogens with one attached hydrogen (secondary N) is 1. The zero-order chi connectivity index (χ0) is 15.8. The van der Waals surface area contributed by atoms with E-state index in [1.165, 1.54) is 25.7 Å². The average molecular weight is 297 g/mol. The summed E-state index contributed by atoms with van der Waals surface area (Å²) in [5.74, 6) is 0.168. The molecule has 1 heterocycles. The van der Waals surface area contributed by atoms with Crippen LogP contribution in [0.1, 0.15) is 15.9 Å². The number of benzene rings is 1. The molecule has 6 heteroatoms. The molecule has 0 unspecified atom stereocenters. The van der Waals surface area contributed by atoms with E-state index in [1.54, 1.807) is 42.5 Å². The number of methoxy groups -OCH3 is 1. The molecule has 0 bridgehead atoms. The molecule has 0 atom stereocenters. The molecule has 0 saturated heterocycles. The SMILES string of the molecule is COc1cc(C=CC=NNC(=O)c2ccncc2)ccc1O. The number of hydrogen-bond acceptors (Lipinski definition) is 5. The maximum absolute atomic E-state index is 11.7. The lowest BCUT2D eigenvalue weighted by atomic mass is 10.2. The minimum atomic E-state index is -0.307. The van der Waals surface area contributed by atoms with Gasteiger partial charge in [0, 0.05) is 24.2 Å². The van der Waals surface area contributed by atoms with Gasteiger partial charge in [0.2, 0.25) is 0 Å². The van der Waals surface area contributed by atoms with Gasteiger partial charge in [0.25, 0.3) is 5.91 Å². The Morgan fingerprint density at radius 1 is 1.32 bits per heavy atom.